The third-order valence-electron chi connectivity index (χ3n) is 0.604. The van der Waals surface area contributed by atoms with Crippen LogP contribution in [-0.2, 0) is 0 Å². The predicted molar refractivity (Wildman–Crippen MR) is 24.9 cm³/mol. The number of rotatable bonds is 1. The van der Waals surface area contributed by atoms with Crippen LogP contribution in [-0.4, -0.2) is 12.0 Å². The van der Waals surface area contributed by atoms with Crippen molar-refractivity contribution >= 4 is 6.01 Å². The molecule has 1 aromatic rings. The van der Waals surface area contributed by atoms with Crippen LogP contribution in [0.1, 0.15) is 0 Å². The first kappa shape index (κ1) is 4.18. The van der Waals surface area contributed by atoms with Gasteiger partial charge in [-0.15, -0.1) is 0 Å². The number of aromatic nitrogens is 1. The Morgan fingerprint density at radius 1 is 2.00 bits per heavy atom. The van der Waals surface area contributed by atoms with E-state index in [1.165, 1.54) is 6.20 Å². The summed E-state index contributed by atoms with van der Waals surface area (Å²) in [6.07, 6.45) is 3.90. The standard InChI is InChI=1S/C4H5N2O/c1-5-4-6-2-3-7-4/h2H,1H3,(H,5,6). The van der Waals surface area contributed by atoms with Gasteiger partial charge in [-0.25, -0.2) is 4.98 Å². The van der Waals surface area contributed by atoms with Crippen LogP contribution in [0.25, 0.3) is 0 Å². The van der Waals surface area contributed by atoms with Gasteiger partial charge in [-0.3, -0.25) is 0 Å². The number of anilines is 1. The maximum Gasteiger partial charge on any atom is 0.294 e. The van der Waals surface area contributed by atoms with E-state index in [4.69, 9.17) is 0 Å². The molecule has 7 heavy (non-hydrogen) atoms. The maximum atomic E-state index is 4.64. The largest absolute Gasteiger partial charge is 0.420 e. The first-order chi connectivity index (χ1) is 3.43. The topological polar surface area (TPSA) is 38.1 Å². The summed E-state index contributed by atoms with van der Waals surface area (Å²) in [6, 6.07) is 0.500. The van der Waals surface area contributed by atoms with Crippen molar-refractivity contribution in [3.63, 3.8) is 0 Å². The predicted octanol–water partition coefficient (Wildman–Crippen LogP) is 0.516. The fourth-order valence-electron chi connectivity index (χ4n) is 0.309. The van der Waals surface area contributed by atoms with Crippen molar-refractivity contribution in [2.45, 2.75) is 0 Å². The molecule has 0 spiro atoms. The van der Waals surface area contributed by atoms with Crippen LogP contribution in [0, 0.1) is 6.26 Å². The fourth-order valence-corrected chi connectivity index (χ4v) is 0.309. The Morgan fingerprint density at radius 2 is 2.86 bits per heavy atom. The fraction of sp³-hybridized carbons (Fsp3) is 0.250. The van der Waals surface area contributed by atoms with Gasteiger partial charge in [0.25, 0.3) is 6.01 Å². The van der Waals surface area contributed by atoms with Crippen molar-refractivity contribution in [3.8, 4) is 0 Å². The molecule has 1 radical (unpaired) electrons. The molecule has 0 saturated heterocycles. The van der Waals surface area contributed by atoms with E-state index >= 15 is 0 Å². The molecule has 0 fully saturated rings. The number of hydrogen-bond donors (Lipinski definition) is 1. The summed E-state index contributed by atoms with van der Waals surface area (Å²) >= 11 is 0. The molecule has 3 nitrogen and oxygen atoms in total. The minimum atomic E-state index is 0.500. The number of hydrogen-bond acceptors (Lipinski definition) is 3. The monoisotopic (exact) mass is 97.0 g/mol. The summed E-state index contributed by atoms with van der Waals surface area (Å²) in [5, 5.41) is 2.70. The molecule has 0 unspecified atom stereocenters. The van der Waals surface area contributed by atoms with Gasteiger partial charge >= 0.3 is 0 Å². The molecule has 1 N–H and O–H groups in total. The average molecular weight is 97.1 g/mol. The zero-order valence-corrected chi connectivity index (χ0v) is 3.93. The summed E-state index contributed by atoms with van der Waals surface area (Å²) in [7, 11) is 1.74. The molecule has 1 rings (SSSR count). The van der Waals surface area contributed by atoms with Crippen molar-refractivity contribution in [2.75, 3.05) is 12.4 Å². The van der Waals surface area contributed by atoms with E-state index < -0.39 is 0 Å². The van der Waals surface area contributed by atoms with Crippen LogP contribution >= 0.6 is 0 Å². The van der Waals surface area contributed by atoms with Crippen LogP contribution in [0.4, 0.5) is 6.01 Å². The van der Waals surface area contributed by atoms with E-state index in [0.717, 1.165) is 0 Å². The van der Waals surface area contributed by atoms with Gasteiger partial charge < -0.3 is 9.73 Å². The van der Waals surface area contributed by atoms with E-state index in [2.05, 4.69) is 21.0 Å². The van der Waals surface area contributed by atoms with Crippen molar-refractivity contribution in [3.05, 3.63) is 12.5 Å². The lowest BCUT2D eigenvalue weighted by Crippen LogP contribution is -1.84. The minimum Gasteiger partial charge on any atom is -0.420 e. The first-order valence-corrected chi connectivity index (χ1v) is 1.93. The highest BCUT2D eigenvalue weighted by atomic mass is 16.4. The van der Waals surface area contributed by atoms with Gasteiger partial charge in [0, 0.05) is 7.05 Å². The van der Waals surface area contributed by atoms with E-state index in [-0.39, 0.29) is 0 Å². The molecule has 37 valence electrons. The third kappa shape index (κ3) is 0.707. The van der Waals surface area contributed by atoms with Gasteiger partial charge in [0.15, 0.2) is 6.26 Å². The number of nitrogens with one attached hydrogen (secondary N) is 1. The molecule has 0 aliphatic heterocycles. The summed E-state index contributed by atoms with van der Waals surface area (Å²) in [4.78, 5) is 3.70. The lowest BCUT2D eigenvalue weighted by Gasteiger charge is -1.82. The van der Waals surface area contributed by atoms with Crippen LogP contribution in [0.2, 0.25) is 0 Å². The summed E-state index contributed by atoms with van der Waals surface area (Å²) in [5.41, 5.74) is 0. The molecule has 0 aliphatic rings. The molecule has 0 amide bonds. The van der Waals surface area contributed by atoms with Crippen LogP contribution in [0.5, 0.6) is 0 Å². The van der Waals surface area contributed by atoms with Crippen molar-refractivity contribution in [1.29, 1.82) is 0 Å². The van der Waals surface area contributed by atoms with E-state index in [9.17, 15) is 0 Å². The first-order valence-electron chi connectivity index (χ1n) is 1.93. The van der Waals surface area contributed by atoms with E-state index in [0.29, 0.717) is 6.01 Å². The van der Waals surface area contributed by atoms with Gasteiger partial charge in [-0.1, -0.05) is 0 Å². The van der Waals surface area contributed by atoms with Crippen LogP contribution in [0.15, 0.2) is 10.6 Å². The molecule has 0 saturated carbocycles. The number of oxazole rings is 1. The van der Waals surface area contributed by atoms with Gasteiger partial charge in [-0.2, -0.15) is 0 Å². The SMILES string of the molecule is CNc1nc[c]o1. The highest BCUT2D eigenvalue weighted by molar-refractivity contribution is 5.14. The van der Waals surface area contributed by atoms with Crippen molar-refractivity contribution in [2.24, 2.45) is 0 Å². The van der Waals surface area contributed by atoms with Crippen molar-refractivity contribution in [1.82, 2.24) is 4.98 Å². The van der Waals surface area contributed by atoms with Gasteiger partial charge in [-0.05, 0) is 0 Å². The Labute approximate surface area is 41.4 Å². The zero-order chi connectivity index (χ0) is 5.11. The molecular formula is C4H5N2O. The molecule has 0 atom stereocenters. The van der Waals surface area contributed by atoms with E-state index in [1.807, 2.05) is 0 Å². The summed E-state index contributed by atoms with van der Waals surface area (Å²) in [6.45, 7) is 0. The maximum absolute atomic E-state index is 4.64. The second-order valence-corrected chi connectivity index (χ2v) is 1.03. The van der Waals surface area contributed by atoms with Gasteiger partial charge in [0.05, 0.1) is 6.20 Å². The number of nitrogens with zero attached hydrogens (tertiary/aromatic N) is 1. The summed E-state index contributed by atoms with van der Waals surface area (Å²) < 4.78 is 4.64. The lowest BCUT2D eigenvalue weighted by atomic mass is 11.0. The van der Waals surface area contributed by atoms with Crippen LogP contribution < -0.4 is 5.32 Å². The lowest BCUT2D eigenvalue weighted by molar-refractivity contribution is 0.567. The Morgan fingerprint density at radius 3 is 3.14 bits per heavy atom. The molecule has 0 aliphatic carbocycles. The second kappa shape index (κ2) is 1.64. The Hall–Kier alpha value is -0.990. The average Bonchev–Trinajstić information content (AvgIpc) is 2.14. The molecule has 1 aromatic heterocycles. The molecule has 0 aromatic carbocycles. The Kier molecular flexibility index (Phi) is 0.978. The smallest absolute Gasteiger partial charge is 0.294 e. The van der Waals surface area contributed by atoms with Crippen LogP contribution in [0.3, 0.4) is 0 Å². The summed E-state index contributed by atoms with van der Waals surface area (Å²) in [5.74, 6) is 0. The minimum absolute atomic E-state index is 0.500. The zero-order valence-electron chi connectivity index (χ0n) is 3.93. The Balaban J connectivity index is 2.76. The Bertz CT molecular complexity index is 124. The third-order valence-corrected chi connectivity index (χ3v) is 0.604. The molecule has 0 bridgehead atoms. The highest BCUT2D eigenvalue weighted by Crippen LogP contribution is 1.95. The molecule has 3 heteroatoms. The second-order valence-electron chi connectivity index (χ2n) is 1.03. The molecular weight excluding hydrogens is 92.1 g/mol. The quantitative estimate of drug-likeness (QED) is 0.555. The van der Waals surface area contributed by atoms with Gasteiger partial charge in [0.1, 0.15) is 0 Å². The van der Waals surface area contributed by atoms with Gasteiger partial charge in [0.2, 0.25) is 0 Å². The highest BCUT2D eigenvalue weighted by Gasteiger charge is 1.85. The molecule has 1 heterocycles. The normalized spacial score (nSPS) is 8.71. The van der Waals surface area contributed by atoms with E-state index in [1.54, 1.807) is 7.05 Å². The van der Waals surface area contributed by atoms with Crippen molar-refractivity contribution < 1.29 is 4.42 Å².